The van der Waals surface area contributed by atoms with Crippen LogP contribution in [-0.4, -0.2) is 37.8 Å². The second kappa shape index (κ2) is 10.0. The first kappa shape index (κ1) is 22.8. The SMILES string of the molecule is O=C1O[C@H]([C@@H](O)Cn2c(=O)[nH]c(=O)[nH]c2=O)C(OCc2ccccc2)=C1OCc1ccccc1. The standard InChI is InChI=1S/C23H21N3O8/c27-16(11-26-22(30)24-21(29)25-23(26)31)17-18(32-12-14-7-3-1-4-8-14)19(20(28)34-17)33-13-15-9-5-2-6-10-15/h1-10,16-17,27H,11-13H2,(H2,24,25,29,30,31)/t16-,17+/m0/s1. The fourth-order valence-corrected chi connectivity index (χ4v) is 3.35. The summed E-state index contributed by atoms with van der Waals surface area (Å²) in [6.07, 6.45) is -2.91. The number of carbonyl (C=O) groups excluding carboxylic acids is 1. The first-order valence-electron chi connectivity index (χ1n) is 10.3. The van der Waals surface area contributed by atoms with Gasteiger partial charge < -0.3 is 19.3 Å². The minimum Gasteiger partial charge on any atom is -0.485 e. The van der Waals surface area contributed by atoms with Crippen molar-refractivity contribution in [3.8, 4) is 0 Å². The van der Waals surface area contributed by atoms with Gasteiger partial charge >= 0.3 is 23.0 Å². The third-order valence-corrected chi connectivity index (χ3v) is 5.02. The fourth-order valence-electron chi connectivity index (χ4n) is 3.35. The Morgan fingerprint density at radius 2 is 1.38 bits per heavy atom. The molecule has 11 heteroatoms. The highest BCUT2D eigenvalue weighted by molar-refractivity contribution is 5.89. The van der Waals surface area contributed by atoms with Gasteiger partial charge in [0, 0.05) is 0 Å². The molecule has 0 aliphatic carbocycles. The lowest BCUT2D eigenvalue weighted by atomic mass is 10.1. The van der Waals surface area contributed by atoms with Gasteiger partial charge in [-0.2, -0.15) is 0 Å². The molecule has 1 aliphatic heterocycles. The van der Waals surface area contributed by atoms with E-state index in [-0.39, 0.29) is 24.7 Å². The summed E-state index contributed by atoms with van der Waals surface area (Å²) in [5, 5.41) is 10.8. The highest BCUT2D eigenvalue weighted by atomic mass is 16.6. The van der Waals surface area contributed by atoms with E-state index in [0.29, 0.717) is 4.57 Å². The second-order valence-corrected chi connectivity index (χ2v) is 7.44. The van der Waals surface area contributed by atoms with E-state index in [9.17, 15) is 24.3 Å². The maximum Gasteiger partial charge on any atom is 0.378 e. The molecule has 2 heterocycles. The molecular formula is C23H21N3O8. The Bertz CT molecular complexity index is 1320. The van der Waals surface area contributed by atoms with Crippen LogP contribution in [0.2, 0.25) is 0 Å². The zero-order valence-corrected chi connectivity index (χ0v) is 17.8. The van der Waals surface area contributed by atoms with Gasteiger partial charge in [0.1, 0.15) is 19.3 Å². The maximum absolute atomic E-state index is 12.6. The Hall–Kier alpha value is -4.38. The summed E-state index contributed by atoms with van der Waals surface area (Å²) in [6.45, 7) is -0.480. The van der Waals surface area contributed by atoms with E-state index in [4.69, 9.17) is 14.2 Å². The van der Waals surface area contributed by atoms with Crippen LogP contribution in [0.15, 0.2) is 86.6 Å². The summed E-state index contributed by atoms with van der Waals surface area (Å²) >= 11 is 0. The number of hydrogen-bond donors (Lipinski definition) is 3. The average Bonchev–Trinajstić information content (AvgIpc) is 3.15. The second-order valence-electron chi connectivity index (χ2n) is 7.44. The predicted molar refractivity (Wildman–Crippen MR) is 117 cm³/mol. The largest absolute Gasteiger partial charge is 0.485 e. The average molecular weight is 467 g/mol. The molecule has 2 atom stereocenters. The molecule has 0 unspecified atom stereocenters. The van der Waals surface area contributed by atoms with Crippen LogP contribution in [0.4, 0.5) is 0 Å². The number of carbonyl (C=O) groups is 1. The Labute approximate surface area is 191 Å². The van der Waals surface area contributed by atoms with E-state index in [1.807, 2.05) is 70.6 Å². The van der Waals surface area contributed by atoms with Crippen molar-refractivity contribution in [2.24, 2.45) is 0 Å². The van der Waals surface area contributed by atoms with Crippen LogP contribution in [-0.2, 0) is 38.8 Å². The summed E-state index contributed by atoms with van der Waals surface area (Å²) in [5.74, 6) is -1.14. The molecule has 1 aromatic heterocycles. The van der Waals surface area contributed by atoms with Gasteiger partial charge in [0.05, 0.1) is 6.54 Å². The lowest BCUT2D eigenvalue weighted by Gasteiger charge is -2.20. The monoisotopic (exact) mass is 467 g/mol. The van der Waals surface area contributed by atoms with Crippen molar-refractivity contribution in [1.29, 1.82) is 0 Å². The van der Waals surface area contributed by atoms with E-state index in [0.717, 1.165) is 11.1 Å². The van der Waals surface area contributed by atoms with E-state index >= 15 is 0 Å². The summed E-state index contributed by atoms with van der Waals surface area (Å²) in [6, 6.07) is 18.2. The number of ether oxygens (including phenoxy) is 3. The summed E-state index contributed by atoms with van der Waals surface area (Å²) < 4.78 is 17.4. The summed E-state index contributed by atoms with van der Waals surface area (Å²) in [5.41, 5.74) is -1.43. The Kier molecular flexibility index (Phi) is 6.74. The number of rotatable bonds is 9. The molecule has 11 nitrogen and oxygen atoms in total. The first-order chi connectivity index (χ1) is 16.4. The van der Waals surface area contributed by atoms with Gasteiger partial charge in [-0.15, -0.1) is 0 Å². The Morgan fingerprint density at radius 3 is 1.94 bits per heavy atom. The van der Waals surface area contributed by atoms with Crippen molar-refractivity contribution >= 4 is 5.97 Å². The molecule has 3 aromatic rings. The van der Waals surface area contributed by atoms with Gasteiger partial charge in [0.2, 0.25) is 5.76 Å². The molecule has 0 radical (unpaired) electrons. The van der Waals surface area contributed by atoms with Crippen molar-refractivity contribution in [1.82, 2.24) is 14.5 Å². The molecule has 0 spiro atoms. The summed E-state index contributed by atoms with van der Waals surface area (Å²) in [7, 11) is 0. The number of cyclic esters (lactones) is 1. The number of nitrogens with zero attached hydrogens (tertiary/aromatic N) is 1. The molecule has 0 saturated heterocycles. The van der Waals surface area contributed by atoms with Gasteiger partial charge in [-0.25, -0.2) is 23.7 Å². The van der Waals surface area contributed by atoms with Gasteiger partial charge in [-0.05, 0) is 11.1 Å². The van der Waals surface area contributed by atoms with Crippen LogP contribution in [0.5, 0.6) is 0 Å². The van der Waals surface area contributed by atoms with Crippen molar-refractivity contribution in [2.75, 3.05) is 0 Å². The lowest BCUT2D eigenvalue weighted by molar-refractivity contribution is -0.148. The zero-order valence-electron chi connectivity index (χ0n) is 17.8. The van der Waals surface area contributed by atoms with E-state index in [1.54, 1.807) is 0 Å². The number of aliphatic hydroxyl groups is 1. The molecule has 0 fully saturated rings. The number of aliphatic hydroxyl groups excluding tert-OH is 1. The number of aromatic nitrogens is 3. The van der Waals surface area contributed by atoms with Crippen LogP contribution in [0, 0.1) is 0 Å². The number of esters is 1. The minimum absolute atomic E-state index is 0.0470. The Morgan fingerprint density at radius 1 is 0.853 bits per heavy atom. The van der Waals surface area contributed by atoms with E-state index in [2.05, 4.69) is 0 Å². The third-order valence-electron chi connectivity index (χ3n) is 5.02. The molecule has 176 valence electrons. The molecule has 0 bridgehead atoms. The van der Waals surface area contributed by atoms with Crippen molar-refractivity contribution in [3.63, 3.8) is 0 Å². The third kappa shape index (κ3) is 5.15. The van der Waals surface area contributed by atoms with Crippen molar-refractivity contribution < 1.29 is 24.1 Å². The fraction of sp³-hybridized carbons (Fsp3) is 0.217. The number of benzene rings is 2. The van der Waals surface area contributed by atoms with Crippen LogP contribution in [0.1, 0.15) is 11.1 Å². The molecule has 2 aromatic carbocycles. The quantitative estimate of drug-likeness (QED) is 0.376. The molecule has 0 saturated carbocycles. The molecule has 0 amide bonds. The van der Waals surface area contributed by atoms with Crippen molar-refractivity contribution in [3.05, 3.63) is 115 Å². The van der Waals surface area contributed by atoms with Gasteiger partial charge in [0.15, 0.2) is 11.9 Å². The zero-order chi connectivity index (χ0) is 24.1. The number of aromatic amines is 2. The normalized spacial score (nSPS) is 16.3. The number of H-pyrrole nitrogens is 2. The molecule has 1 aliphatic rings. The van der Waals surface area contributed by atoms with Crippen LogP contribution in [0.25, 0.3) is 0 Å². The summed E-state index contributed by atoms with van der Waals surface area (Å²) in [4.78, 5) is 51.6. The Balaban J connectivity index is 1.60. The highest BCUT2D eigenvalue weighted by Gasteiger charge is 2.42. The van der Waals surface area contributed by atoms with Crippen molar-refractivity contribution in [2.45, 2.75) is 32.0 Å². The van der Waals surface area contributed by atoms with Crippen LogP contribution in [0.3, 0.4) is 0 Å². The smallest absolute Gasteiger partial charge is 0.378 e. The highest BCUT2D eigenvalue weighted by Crippen LogP contribution is 2.29. The van der Waals surface area contributed by atoms with E-state index in [1.165, 1.54) is 0 Å². The van der Waals surface area contributed by atoms with Crippen LogP contribution < -0.4 is 17.1 Å². The molecule has 34 heavy (non-hydrogen) atoms. The van der Waals surface area contributed by atoms with Gasteiger partial charge in [-0.1, -0.05) is 60.7 Å². The van der Waals surface area contributed by atoms with Gasteiger partial charge in [-0.3, -0.25) is 9.97 Å². The maximum atomic E-state index is 12.6. The molecular weight excluding hydrogens is 446 g/mol. The number of hydrogen-bond acceptors (Lipinski definition) is 8. The van der Waals surface area contributed by atoms with Gasteiger partial charge in [0.25, 0.3) is 0 Å². The van der Waals surface area contributed by atoms with E-state index < -0.39 is 41.8 Å². The lowest BCUT2D eigenvalue weighted by Crippen LogP contribution is -2.47. The number of nitrogens with one attached hydrogen (secondary N) is 2. The molecule has 3 N–H and O–H groups in total. The first-order valence-corrected chi connectivity index (χ1v) is 10.3. The molecule has 4 rings (SSSR count). The minimum atomic E-state index is -1.56. The topological polar surface area (TPSA) is 153 Å². The predicted octanol–water partition coefficient (Wildman–Crippen LogP) is 0.156. The van der Waals surface area contributed by atoms with Crippen LogP contribution >= 0.6 is 0 Å².